The highest BCUT2D eigenvalue weighted by Gasteiger charge is 2.17. The SMILES string of the molecule is CN(C)C(CNC(=O)Nc1ccc(OC2CCCC2)cc1)c1ccc(F)cc1. The van der Waals surface area contributed by atoms with Gasteiger partial charge in [0.1, 0.15) is 11.6 Å². The Morgan fingerprint density at radius 1 is 1.11 bits per heavy atom. The molecule has 2 amide bonds. The van der Waals surface area contributed by atoms with Crippen LogP contribution in [0.1, 0.15) is 37.3 Å². The standard InChI is InChI=1S/C22H28FN3O2/c1-26(2)21(16-7-9-17(23)10-8-16)15-24-22(27)25-18-11-13-20(14-12-18)28-19-5-3-4-6-19/h7-14,19,21H,3-6,15H2,1-2H3,(H2,24,25,27). The third-order valence-corrected chi connectivity index (χ3v) is 5.05. The van der Waals surface area contributed by atoms with Crippen molar-refractivity contribution in [1.29, 1.82) is 0 Å². The molecule has 0 aliphatic heterocycles. The topological polar surface area (TPSA) is 53.6 Å². The second-order valence-corrected chi connectivity index (χ2v) is 7.41. The first-order valence-electron chi connectivity index (χ1n) is 9.75. The van der Waals surface area contributed by atoms with Crippen LogP contribution < -0.4 is 15.4 Å². The van der Waals surface area contributed by atoms with E-state index in [4.69, 9.17) is 4.74 Å². The fraction of sp³-hybridized carbons (Fsp3) is 0.409. The minimum absolute atomic E-state index is 0.0477. The van der Waals surface area contributed by atoms with Gasteiger partial charge in [-0.3, -0.25) is 0 Å². The number of amides is 2. The third-order valence-electron chi connectivity index (χ3n) is 5.05. The number of ether oxygens (including phenoxy) is 1. The molecule has 1 unspecified atom stereocenters. The lowest BCUT2D eigenvalue weighted by molar-refractivity contribution is 0.210. The Morgan fingerprint density at radius 3 is 2.36 bits per heavy atom. The van der Waals surface area contributed by atoms with Crippen LogP contribution in [0.5, 0.6) is 5.75 Å². The molecule has 5 nitrogen and oxygen atoms in total. The molecule has 0 radical (unpaired) electrons. The van der Waals surface area contributed by atoms with Crippen molar-refractivity contribution in [3.63, 3.8) is 0 Å². The molecule has 1 aliphatic rings. The summed E-state index contributed by atoms with van der Waals surface area (Å²) in [6.07, 6.45) is 5.01. The number of anilines is 1. The summed E-state index contributed by atoms with van der Waals surface area (Å²) in [6, 6.07) is 13.5. The largest absolute Gasteiger partial charge is 0.490 e. The van der Waals surface area contributed by atoms with E-state index in [1.807, 2.05) is 43.3 Å². The zero-order chi connectivity index (χ0) is 19.9. The van der Waals surface area contributed by atoms with Gasteiger partial charge in [0, 0.05) is 12.2 Å². The van der Waals surface area contributed by atoms with Crippen LogP contribution in [-0.4, -0.2) is 37.7 Å². The highest BCUT2D eigenvalue weighted by atomic mass is 19.1. The van der Waals surface area contributed by atoms with Crippen LogP contribution in [0.4, 0.5) is 14.9 Å². The lowest BCUT2D eigenvalue weighted by Crippen LogP contribution is -2.36. The van der Waals surface area contributed by atoms with Crippen molar-refractivity contribution in [3.05, 3.63) is 59.9 Å². The highest BCUT2D eigenvalue weighted by Crippen LogP contribution is 2.25. The zero-order valence-corrected chi connectivity index (χ0v) is 16.5. The first-order valence-corrected chi connectivity index (χ1v) is 9.75. The van der Waals surface area contributed by atoms with Crippen molar-refractivity contribution in [2.24, 2.45) is 0 Å². The molecule has 1 atom stereocenters. The molecule has 2 aromatic carbocycles. The van der Waals surface area contributed by atoms with E-state index in [0.29, 0.717) is 18.3 Å². The minimum atomic E-state index is -0.279. The summed E-state index contributed by atoms with van der Waals surface area (Å²) >= 11 is 0. The average molecular weight is 385 g/mol. The molecule has 0 aromatic heterocycles. The number of hydrogen-bond donors (Lipinski definition) is 2. The van der Waals surface area contributed by atoms with Crippen LogP contribution in [-0.2, 0) is 0 Å². The van der Waals surface area contributed by atoms with Gasteiger partial charge in [-0.15, -0.1) is 0 Å². The van der Waals surface area contributed by atoms with Crippen molar-refractivity contribution in [2.75, 3.05) is 26.0 Å². The predicted molar refractivity (Wildman–Crippen MR) is 109 cm³/mol. The van der Waals surface area contributed by atoms with E-state index in [2.05, 4.69) is 10.6 Å². The number of nitrogens with one attached hydrogen (secondary N) is 2. The third kappa shape index (κ3) is 5.70. The Labute approximate surface area is 165 Å². The summed E-state index contributed by atoms with van der Waals surface area (Å²) in [5, 5.41) is 5.72. The van der Waals surface area contributed by atoms with E-state index in [9.17, 15) is 9.18 Å². The lowest BCUT2D eigenvalue weighted by Gasteiger charge is -2.25. The summed E-state index contributed by atoms with van der Waals surface area (Å²) in [5.74, 6) is 0.564. The Balaban J connectivity index is 1.50. The van der Waals surface area contributed by atoms with Gasteiger partial charge >= 0.3 is 6.03 Å². The van der Waals surface area contributed by atoms with Gasteiger partial charge in [0.2, 0.25) is 0 Å². The molecule has 0 bridgehead atoms. The van der Waals surface area contributed by atoms with E-state index >= 15 is 0 Å². The number of halogens is 1. The van der Waals surface area contributed by atoms with Crippen LogP contribution >= 0.6 is 0 Å². The quantitative estimate of drug-likeness (QED) is 0.734. The van der Waals surface area contributed by atoms with Gasteiger partial charge in [0.25, 0.3) is 0 Å². The zero-order valence-electron chi connectivity index (χ0n) is 16.5. The molecular formula is C22H28FN3O2. The molecule has 0 spiro atoms. The van der Waals surface area contributed by atoms with Crippen LogP contribution in [0, 0.1) is 5.82 Å². The normalized spacial score (nSPS) is 15.4. The molecular weight excluding hydrogens is 357 g/mol. The van der Waals surface area contributed by atoms with Crippen LogP contribution in [0.2, 0.25) is 0 Å². The molecule has 1 aliphatic carbocycles. The Kier molecular flexibility index (Phi) is 6.87. The average Bonchev–Trinajstić information content (AvgIpc) is 3.18. The number of likely N-dealkylation sites (N-methyl/N-ethyl adjacent to an activating group) is 1. The molecule has 1 saturated carbocycles. The first kappa shape index (κ1) is 20.1. The molecule has 0 heterocycles. The van der Waals surface area contributed by atoms with Gasteiger partial charge in [-0.1, -0.05) is 12.1 Å². The smallest absolute Gasteiger partial charge is 0.319 e. The van der Waals surface area contributed by atoms with Gasteiger partial charge in [-0.25, -0.2) is 9.18 Å². The monoisotopic (exact) mass is 385 g/mol. The highest BCUT2D eigenvalue weighted by molar-refractivity contribution is 5.89. The van der Waals surface area contributed by atoms with Gasteiger partial charge in [-0.2, -0.15) is 0 Å². The predicted octanol–water partition coefficient (Wildman–Crippen LogP) is 4.57. The Hall–Kier alpha value is -2.60. The number of nitrogens with zero attached hydrogens (tertiary/aromatic N) is 1. The second kappa shape index (κ2) is 9.55. The van der Waals surface area contributed by atoms with Crippen molar-refractivity contribution in [1.82, 2.24) is 10.2 Å². The van der Waals surface area contributed by atoms with Gasteiger partial charge in [-0.05, 0) is 81.7 Å². The van der Waals surface area contributed by atoms with Crippen molar-refractivity contribution in [2.45, 2.75) is 37.8 Å². The van der Waals surface area contributed by atoms with Crippen LogP contribution in [0.15, 0.2) is 48.5 Å². The molecule has 150 valence electrons. The van der Waals surface area contributed by atoms with E-state index in [1.54, 1.807) is 12.1 Å². The molecule has 0 saturated heterocycles. The Bertz CT molecular complexity index is 756. The molecule has 2 aromatic rings. The second-order valence-electron chi connectivity index (χ2n) is 7.41. The maximum Gasteiger partial charge on any atom is 0.319 e. The van der Waals surface area contributed by atoms with Gasteiger partial charge in [0.15, 0.2) is 0 Å². The van der Waals surface area contributed by atoms with E-state index in [1.165, 1.54) is 25.0 Å². The molecule has 2 N–H and O–H groups in total. The van der Waals surface area contributed by atoms with Crippen LogP contribution in [0.3, 0.4) is 0 Å². The Morgan fingerprint density at radius 2 is 1.75 bits per heavy atom. The maximum atomic E-state index is 13.1. The fourth-order valence-electron chi connectivity index (χ4n) is 3.46. The number of carbonyl (C=O) groups is 1. The summed E-state index contributed by atoms with van der Waals surface area (Å²) in [5.41, 5.74) is 1.65. The summed E-state index contributed by atoms with van der Waals surface area (Å²) in [6.45, 7) is 0.410. The van der Waals surface area contributed by atoms with E-state index in [-0.39, 0.29) is 17.9 Å². The van der Waals surface area contributed by atoms with Crippen molar-refractivity contribution in [3.8, 4) is 5.75 Å². The molecule has 28 heavy (non-hydrogen) atoms. The summed E-state index contributed by atoms with van der Waals surface area (Å²) in [4.78, 5) is 14.2. The molecule has 1 fully saturated rings. The van der Waals surface area contributed by atoms with Crippen LogP contribution in [0.25, 0.3) is 0 Å². The van der Waals surface area contributed by atoms with Crippen molar-refractivity contribution >= 4 is 11.7 Å². The van der Waals surface area contributed by atoms with E-state index < -0.39 is 0 Å². The summed E-state index contributed by atoms with van der Waals surface area (Å²) < 4.78 is 19.1. The van der Waals surface area contributed by atoms with Gasteiger partial charge in [0.05, 0.1) is 12.1 Å². The minimum Gasteiger partial charge on any atom is -0.490 e. The number of rotatable bonds is 7. The summed E-state index contributed by atoms with van der Waals surface area (Å²) in [7, 11) is 3.85. The number of hydrogen-bond acceptors (Lipinski definition) is 3. The maximum absolute atomic E-state index is 13.1. The fourth-order valence-corrected chi connectivity index (χ4v) is 3.46. The number of urea groups is 1. The van der Waals surface area contributed by atoms with E-state index in [0.717, 1.165) is 24.2 Å². The molecule has 3 rings (SSSR count). The number of benzene rings is 2. The first-order chi connectivity index (χ1) is 13.5. The van der Waals surface area contributed by atoms with Crippen molar-refractivity contribution < 1.29 is 13.9 Å². The number of carbonyl (C=O) groups excluding carboxylic acids is 1. The lowest BCUT2D eigenvalue weighted by atomic mass is 10.1. The van der Waals surface area contributed by atoms with Gasteiger partial charge < -0.3 is 20.3 Å². The molecule has 6 heteroatoms.